The van der Waals surface area contributed by atoms with E-state index in [4.69, 9.17) is 15.1 Å². The van der Waals surface area contributed by atoms with Crippen LogP contribution < -0.4 is 10.5 Å². The fourth-order valence-corrected chi connectivity index (χ4v) is 2.87. The van der Waals surface area contributed by atoms with E-state index < -0.39 is 0 Å². The molecule has 25 heavy (non-hydrogen) atoms. The molecule has 2 N–H and O–H groups in total. The van der Waals surface area contributed by atoms with Gasteiger partial charge in [-0.1, -0.05) is 18.2 Å². The minimum Gasteiger partial charge on any atom is -0.439 e. The van der Waals surface area contributed by atoms with E-state index in [-0.39, 0.29) is 5.82 Å². The lowest BCUT2D eigenvalue weighted by molar-refractivity contribution is 0.310. The summed E-state index contributed by atoms with van der Waals surface area (Å²) in [6.07, 6.45) is 3.86. The third kappa shape index (κ3) is 2.38. The molecule has 1 fully saturated rings. The zero-order valence-electron chi connectivity index (χ0n) is 13.2. The van der Waals surface area contributed by atoms with Gasteiger partial charge in [0.05, 0.1) is 11.7 Å². The second kappa shape index (κ2) is 5.30. The van der Waals surface area contributed by atoms with Crippen molar-refractivity contribution in [3.05, 3.63) is 42.6 Å². The first-order chi connectivity index (χ1) is 12.3. The van der Waals surface area contributed by atoms with E-state index in [0.29, 0.717) is 23.4 Å². The Bertz CT molecular complexity index is 1050. The standard InChI is InChI=1S/C17H14N6O2/c18-16-15(21-25-22-16)17-20-12-9-19-14(24-11-4-2-1-3-5-11)8-13(12)23(17)10-6-7-10/h1-5,8-10H,6-7H2,(H2,18,22). The summed E-state index contributed by atoms with van der Waals surface area (Å²) in [6, 6.07) is 11.8. The van der Waals surface area contributed by atoms with Crippen molar-refractivity contribution in [2.45, 2.75) is 18.9 Å². The Balaban J connectivity index is 1.63. The van der Waals surface area contributed by atoms with Gasteiger partial charge < -0.3 is 15.0 Å². The molecule has 1 aliphatic rings. The average molecular weight is 334 g/mol. The van der Waals surface area contributed by atoms with E-state index in [0.717, 1.165) is 29.6 Å². The van der Waals surface area contributed by atoms with Crippen molar-refractivity contribution in [1.29, 1.82) is 0 Å². The lowest BCUT2D eigenvalue weighted by atomic mass is 10.3. The first kappa shape index (κ1) is 14.0. The van der Waals surface area contributed by atoms with Crippen LogP contribution >= 0.6 is 0 Å². The zero-order valence-corrected chi connectivity index (χ0v) is 13.2. The van der Waals surface area contributed by atoms with Gasteiger partial charge in [-0.2, -0.15) is 0 Å². The molecule has 5 rings (SSSR count). The molecule has 0 spiro atoms. The Morgan fingerprint density at radius 2 is 2.00 bits per heavy atom. The first-order valence-corrected chi connectivity index (χ1v) is 7.99. The van der Waals surface area contributed by atoms with Crippen molar-refractivity contribution in [1.82, 2.24) is 24.8 Å². The number of benzene rings is 1. The number of nitrogen functional groups attached to an aromatic ring is 1. The fraction of sp³-hybridized carbons (Fsp3) is 0.176. The molecular formula is C17H14N6O2. The number of ether oxygens (including phenoxy) is 1. The summed E-state index contributed by atoms with van der Waals surface area (Å²) in [4.78, 5) is 8.98. The van der Waals surface area contributed by atoms with Gasteiger partial charge in [-0.25, -0.2) is 14.6 Å². The van der Waals surface area contributed by atoms with E-state index in [1.54, 1.807) is 6.20 Å². The zero-order chi connectivity index (χ0) is 16.8. The summed E-state index contributed by atoms with van der Waals surface area (Å²) in [5.74, 6) is 2.12. The third-order valence-corrected chi connectivity index (χ3v) is 4.15. The van der Waals surface area contributed by atoms with Crippen LogP contribution in [0.25, 0.3) is 22.6 Å². The van der Waals surface area contributed by atoms with Crippen molar-refractivity contribution in [2.75, 3.05) is 5.73 Å². The topological polar surface area (TPSA) is 105 Å². The van der Waals surface area contributed by atoms with Gasteiger partial charge in [-0.05, 0) is 35.3 Å². The Morgan fingerprint density at radius 1 is 1.16 bits per heavy atom. The number of pyridine rings is 1. The van der Waals surface area contributed by atoms with Crippen molar-refractivity contribution >= 4 is 16.9 Å². The molecule has 1 aliphatic carbocycles. The molecule has 1 aromatic carbocycles. The highest BCUT2D eigenvalue weighted by molar-refractivity contribution is 5.82. The van der Waals surface area contributed by atoms with Gasteiger partial charge in [0, 0.05) is 12.1 Å². The molecule has 8 nitrogen and oxygen atoms in total. The van der Waals surface area contributed by atoms with Crippen molar-refractivity contribution < 1.29 is 9.37 Å². The second-order valence-corrected chi connectivity index (χ2v) is 5.96. The number of anilines is 1. The van der Waals surface area contributed by atoms with E-state index in [1.807, 2.05) is 36.4 Å². The lowest BCUT2D eigenvalue weighted by Gasteiger charge is -2.07. The highest BCUT2D eigenvalue weighted by Crippen LogP contribution is 2.42. The van der Waals surface area contributed by atoms with Gasteiger partial charge >= 0.3 is 0 Å². The quantitative estimate of drug-likeness (QED) is 0.611. The summed E-state index contributed by atoms with van der Waals surface area (Å²) >= 11 is 0. The van der Waals surface area contributed by atoms with Crippen LogP contribution in [-0.4, -0.2) is 24.8 Å². The number of aromatic nitrogens is 5. The number of imidazole rings is 1. The van der Waals surface area contributed by atoms with Crippen LogP contribution in [0.15, 0.2) is 47.2 Å². The molecule has 124 valence electrons. The number of nitrogens with two attached hydrogens (primary N) is 1. The molecule has 0 bridgehead atoms. The van der Waals surface area contributed by atoms with Gasteiger partial charge in [-0.15, -0.1) is 0 Å². The number of hydrogen-bond acceptors (Lipinski definition) is 7. The molecule has 0 aliphatic heterocycles. The first-order valence-electron chi connectivity index (χ1n) is 7.99. The summed E-state index contributed by atoms with van der Waals surface area (Å²) in [6.45, 7) is 0. The number of hydrogen-bond donors (Lipinski definition) is 1. The normalized spacial score (nSPS) is 14.1. The smallest absolute Gasteiger partial charge is 0.221 e. The van der Waals surface area contributed by atoms with Crippen molar-refractivity contribution in [2.24, 2.45) is 0 Å². The molecule has 3 aromatic heterocycles. The van der Waals surface area contributed by atoms with Gasteiger partial charge in [-0.3, -0.25) is 0 Å². The highest BCUT2D eigenvalue weighted by atomic mass is 16.6. The largest absolute Gasteiger partial charge is 0.439 e. The second-order valence-electron chi connectivity index (χ2n) is 5.96. The van der Waals surface area contributed by atoms with Crippen LogP contribution in [0.1, 0.15) is 18.9 Å². The van der Waals surface area contributed by atoms with Gasteiger partial charge in [0.2, 0.25) is 5.88 Å². The van der Waals surface area contributed by atoms with Crippen LogP contribution in [0.3, 0.4) is 0 Å². The SMILES string of the molecule is Nc1nonc1-c1nc2cnc(Oc3ccccc3)cc2n1C1CC1. The molecule has 0 unspecified atom stereocenters. The Morgan fingerprint density at radius 3 is 2.72 bits per heavy atom. The van der Waals surface area contributed by atoms with Crippen molar-refractivity contribution in [3.63, 3.8) is 0 Å². The Hall–Kier alpha value is -3.42. The van der Waals surface area contributed by atoms with Crippen LogP contribution in [-0.2, 0) is 0 Å². The number of fused-ring (bicyclic) bond motifs is 1. The lowest BCUT2D eigenvalue weighted by Crippen LogP contribution is -2.00. The molecule has 3 heterocycles. The minimum absolute atomic E-state index is 0.228. The van der Waals surface area contributed by atoms with E-state index in [2.05, 4.69) is 24.8 Å². The highest BCUT2D eigenvalue weighted by Gasteiger charge is 2.31. The molecule has 4 aromatic rings. The number of nitrogens with zero attached hydrogens (tertiary/aromatic N) is 5. The third-order valence-electron chi connectivity index (χ3n) is 4.15. The summed E-state index contributed by atoms with van der Waals surface area (Å²) < 4.78 is 12.7. The maximum Gasteiger partial charge on any atom is 0.221 e. The minimum atomic E-state index is 0.228. The molecule has 0 radical (unpaired) electrons. The summed E-state index contributed by atoms with van der Waals surface area (Å²) in [5, 5.41) is 7.55. The predicted molar refractivity (Wildman–Crippen MR) is 90.0 cm³/mol. The van der Waals surface area contributed by atoms with E-state index in [1.165, 1.54) is 0 Å². The molecule has 8 heteroatoms. The fourth-order valence-electron chi connectivity index (χ4n) is 2.87. The molecular weight excluding hydrogens is 320 g/mol. The summed E-state index contributed by atoms with van der Waals surface area (Å²) in [5.41, 5.74) is 7.99. The van der Waals surface area contributed by atoms with E-state index in [9.17, 15) is 0 Å². The van der Waals surface area contributed by atoms with Crippen LogP contribution in [0.5, 0.6) is 11.6 Å². The predicted octanol–water partition coefficient (Wildman–Crippen LogP) is 3.19. The van der Waals surface area contributed by atoms with Crippen LogP contribution in [0.4, 0.5) is 5.82 Å². The van der Waals surface area contributed by atoms with Crippen molar-refractivity contribution in [3.8, 4) is 23.1 Å². The summed E-state index contributed by atoms with van der Waals surface area (Å²) in [7, 11) is 0. The molecule has 0 saturated heterocycles. The monoisotopic (exact) mass is 334 g/mol. The van der Waals surface area contributed by atoms with Crippen LogP contribution in [0, 0.1) is 0 Å². The average Bonchev–Trinajstić information content (AvgIpc) is 3.26. The number of rotatable bonds is 4. The molecule has 1 saturated carbocycles. The van der Waals surface area contributed by atoms with Gasteiger partial charge in [0.1, 0.15) is 11.3 Å². The number of para-hydroxylation sites is 1. The molecule has 0 atom stereocenters. The van der Waals surface area contributed by atoms with Crippen LogP contribution in [0.2, 0.25) is 0 Å². The van der Waals surface area contributed by atoms with Gasteiger partial charge in [0.15, 0.2) is 17.3 Å². The van der Waals surface area contributed by atoms with E-state index >= 15 is 0 Å². The van der Waals surface area contributed by atoms with Gasteiger partial charge in [0.25, 0.3) is 0 Å². The maximum absolute atomic E-state index is 5.85. The molecule has 0 amide bonds. The Kier molecular flexibility index (Phi) is 2.96. The maximum atomic E-state index is 5.85. The Labute approximate surface area is 142 Å².